The molecule has 0 aromatic heterocycles. The van der Waals surface area contributed by atoms with Crippen LogP contribution < -0.4 is 0 Å². The lowest BCUT2D eigenvalue weighted by Crippen LogP contribution is -2.43. The Kier molecular flexibility index (Phi) is 5.09. The zero-order valence-corrected chi connectivity index (χ0v) is 10.8. The van der Waals surface area contributed by atoms with Crippen molar-refractivity contribution in [2.24, 2.45) is 5.92 Å². The van der Waals surface area contributed by atoms with Crippen LogP contribution in [0, 0.1) is 5.92 Å². The third-order valence-corrected chi connectivity index (χ3v) is 5.07. The van der Waals surface area contributed by atoms with E-state index in [1.807, 2.05) is 0 Å². The maximum atomic E-state index is 12.4. The second-order valence-corrected chi connectivity index (χ2v) is 6.54. The zero-order chi connectivity index (χ0) is 13.1. The normalized spacial score (nSPS) is 20.7. The van der Waals surface area contributed by atoms with Gasteiger partial charge in [-0.25, -0.2) is 12.7 Å². The summed E-state index contributed by atoms with van der Waals surface area (Å²) in [5.41, 5.74) is 0. The van der Waals surface area contributed by atoms with Gasteiger partial charge < -0.3 is 0 Å². The number of nitrogens with zero attached hydrogens (tertiary/aromatic N) is 1. The van der Waals surface area contributed by atoms with Crippen LogP contribution in [0.1, 0.15) is 19.3 Å². The largest absolute Gasteiger partial charge is 0.391 e. The Bertz CT molecular complexity index is 337. The average molecular weight is 294 g/mol. The number of halogens is 4. The summed E-state index contributed by atoms with van der Waals surface area (Å²) in [5.74, 6) is -1.23. The van der Waals surface area contributed by atoms with E-state index in [-0.39, 0.29) is 37.6 Å². The van der Waals surface area contributed by atoms with Crippen LogP contribution in [0.5, 0.6) is 0 Å². The summed E-state index contributed by atoms with van der Waals surface area (Å²) in [4.78, 5) is 0. The number of piperidine rings is 1. The van der Waals surface area contributed by atoms with Gasteiger partial charge in [0.1, 0.15) is 0 Å². The van der Waals surface area contributed by atoms with E-state index in [0.29, 0.717) is 6.42 Å². The summed E-state index contributed by atoms with van der Waals surface area (Å²) in [6.45, 7) is -0.0937. The van der Waals surface area contributed by atoms with Crippen LogP contribution in [-0.2, 0) is 10.0 Å². The van der Waals surface area contributed by atoms with E-state index in [1.54, 1.807) is 0 Å². The first kappa shape index (κ1) is 15.0. The summed E-state index contributed by atoms with van der Waals surface area (Å²) in [6, 6.07) is 0. The lowest BCUT2D eigenvalue weighted by molar-refractivity contribution is -0.182. The van der Waals surface area contributed by atoms with Crippen LogP contribution >= 0.6 is 11.6 Å². The van der Waals surface area contributed by atoms with Gasteiger partial charge in [-0.2, -0.15) is 13.2 Å². The van der Waals surface area contributed by atoms with Crippen molar-refractivity contribution in [2.75, 3.05) is 24.7 Å². The molecule has 3 nitrogen and oxygen atoms in total. The predicted molar refractivity (Wildman–Crippen MR) is 59.5 cm³/mol. The molecule has 0 spiro atoms. The highest BCUT2D eigenvalue weighted by atomic mass is 35.5. The van der Waals surface area contributed by atoms with E-state index < -0.39 is 22.1 Å². The molecule has 0 aromatic rings. The molecule has 0 unspecified atom stereocenters. The van der Waals surface area contributed by atoms with E-state index in [0.717, 1.165) is 4.31 Å². The summed E-state index contributed by atoms with van der Waals surface area (Å²) in [5, 5.41) is 0. The molecule has 1 fully saturated rings. The van der Waals surface area contributed by atoms with Crippen molar-refractivity contribution in [2.45, 2.75) is 25.4 Å². The highest BCUT2D eigenvalue weighted by molar-refractivity contribution is 7.89. The minimum absolute atomic E-state index is 0.0468. The molecule has 0 amide bonds. The van der Waals surface area contributed by atoms with Crippen molar-refractivity contribution < 1.29 is 21.6 Å². The molecule has 0 aromatic carbocycles. The van der Waals surface area contributed by atoms with Crippen molar-refractivity contribution in [3.05, 3.63) is 0 Å². The van der Waals surface area contributed by atoms with Gasteiger partial charge in [-0.1, -0.05) is 0 Å². The third kappa shape index (κ3) is 4.30. The molecule has 1 saturated heterocycles. The molecule has 102 valence electrons. The lowest BCUT2D eigenvalue weighted by Gasteiger charge is -2.32. The van der Waals surface area contributed by atoms with Crippen molar-refractivity contribution in [1.82, 2.24) is 4.31 Å². The molecular formula is C9H15ClF3NO2S. The van der Waals surface area contributed by atoms with Crippen LogP contribution in [0.4, 0.5) is 13.2 Å². The summed E-state index contributed by atoms with van der Waals surface area (Å²) < 4.78 is 61.7. The fourth-order valence-electron chi connectivity index (χ4n) is 1.83. The maximum Gasteiger partial charge on any atom is 0.391 e. The van der Waals surface area contributed by atoms with Gasteiger partial charge in [0.05, 0.1) is 11.7 Å². The number of hydrogen-bond donors (Lipinski definition) is 0. The summed E-state index contributed by atoms with van der Waals surface area (Å²) in [6.07, 6.45) is -4.19. The Morgan fingerprint density at radius 3 is 2.18 bits per heavy atom. The van der Waals surface area contributed by atoms with E-state index in [4.69, 9.17) is 11.6 Å². The Morgan fingerprint density at radius 2 is 1.76 bits per heavy atom. The van der Waals surface area contributed by atoms with Gasteiger partial charge in [-0.05, 0) is 19.3 Å². The van der Waals surface area contributed by atoms with Gasteiger partial charge in [-0.3, -0.25) is 0 Å². The predicted octanol–water partition coefficient (Wildman–Crippen LogP) is 2.22. The molecule has 1 heterocycles. The fraction of sp³-hybridized carbons (Fsp3) is 1.00. The van der Waals surface area contributed by atoms with Gasteiger partial charge in [-0.15, -0.1) is 11.6 Å². The fourth-order valence-corrected chi connectivity index (χ4v) is 3.65. The third-order valence-electron chi connectivity index (χ3n) is 2.85. The van der Waals surface area contributed by atoms with E-state index in [2.05, 4.69) is 0 Å². The molecule has 0 N–H and O–H groups in total. The van der Waals surface area contributed by atoms with Crippen LogP contribution in [0.15, 0.2) is 0 Å². The smallest absolute Gasteiger partial charge is 0.212 e. The van der Waals surface area contributed by atoms with Gasteiger partial charge in [0.25, 0.3) is 0 Å². The van der Waals surface area contributed by atoms with Crippen molar-refractivity contribution in [3.63, 3.8) is 0 Å². The second-order valence-electron chi connectivity index (χ2n) is 4.07. The van der Waals surface area contributed by atoms with Crippen LogP contribution in [-0.4, -0.2) is 43.6 Å². The van der Waals surface area contributed by atoms with Crippen molar-refractivity contribution >= 4 is 21.6 Å². The zero-order valence-electron chi connectivity index (χ0n) is 9.21. The molecule has 1 rings (SSSR count). The van der Waals surface area contributed by atoms with Gasteiger partial charge >= 0.3 is 6.18 Å². The van der Waals surface area contributed by atoms with E-state index in [9.17, 15) is 21.6 Å². The molecule has 17 heavy (non-hydrogen) atoms. The molecule has 0 saturated carbocycles. The molecule has 0 atom stereocenters. The van der Waals surface area contributed by atoms with Crippen molar-refractivity contribution in [1.29, 1.82) is 0 Å². The first-order valence-electron chi connectivity index (χ1n) is 5.38. The van der Waals surface area contributed by atoms with E-state index in [1.165, 1.54) is 0 Å². The highest BCUT2D eigenvalue weighted by Crippen LogP contribution is 2.34. The van der Waals surface area contributed by atoms with Crippen LogP contribution in [0.2, 0.25) is 0 Å². The Morgan fingerprint density at radius 1 is 1.24 bits per heavy atom. The molecular weight excluding hydrogens is 279 g/mol. The quantitative estimate of drug-likeness (QED) is 0.745. The van der Waals surface area contributed by atoms with Crippen molar-refractivity contribution in [3.8, 4) is 0 Å². The molecule has 0 bridgehead atoms. The number of alkyl halides is 4. The van der Waals surface area contributed by atoms with Crippen LogP contribution in [0.25, 0.3) is 0 Å². The lowest BCUT2D eigenvalue weighted by atomic mass is 9.98. The van der Waals surface area contributed by atoms with Gasteiger partial charge in [0.15, 0.2) is 0 Å². The highest BCUT2D eigenvalue weighted by Gasteiger charge is 2.42. The molecule has 0 aliphatic carbocycles. The number of rotatable bonds is 4. The minimum Gasteiger partial charge on any atom is -0.212 e. The Hall–Kier alpha value is -0.0100. The Labute approximate surface area is 104 Å². The minimum atomic E-state index is -4.22. The SMILES string of the molecule is O=S(=O)(CCCCl)N1CCC(C(F)(F)F)CC1. The van der Waals surface area contributed by atoms with Crippen LogP contribution in [0.3, 0.4) is 0 Å². The maximum absolute atomic E-state index is 12.4. The first-order chi connectivity index (χ1) is 7.77. The number of hydrogen-bond acceptors (Lipinski definition) is 2. The molecule has 1 aliphatic rings. The molecule has 0 radical (unpaired) electrons. The van der Waals surface area contributed by atoms with Gasteiger partial charge in [0.2, 0.25) is 10.0 Å². The average Bonchev–Trinajstić information content (AvgIpc) is 2.25. The summed E-state index contributed by atoms with van der Waals surface area (Å²) >= 11 is 5.40. The number of sulfonamides is 1. The van der Waals surface area contributed by atoms with Gasteiger partial charge in [0, 0.05) is 19.0 Å². The monoisotopic (exact) mass is 293 g/mol. The molecule has 1 aliphatic heterocycles. The van der Waals surface area contributed by atoms with E-state index >= 15 is 0 Å². The first-order valence-corrected chi connectivity index (χ1v) is 7.52. The summed E-state index contributed by atoms with van der Waals surface area (Å²) in [7, 11) is -3.43. The topological polar surface area (TPSA) is 37.4 Å². The standard InChI is InChI=1S/C9H15ClF3NO2S/c10-4-1-7-17(15,16)14-5-2-8(3-6-14)9(11,12)13/h8H,1-7H2. The molecule has 8 heteroatoms. The Balaban J connectivity index is 2.52. The second kappa shape index (κ2) is 5.75.